The third-order valence-corrected chi connectivity index (χ3v) is 4.45. The van der Waals surface area contributed by atoms with Crippen LogP contribution >= 0.6 is 0 Å². The van der Waals surface area contributed by atoms with Crippen molar-refractivity contribution in [3.8, 4) is 11.5 Å². The number of phenols is 1. The van der Waals surface area contributed by atoms with Crippen LogP contribution in [0.15, 0.2) is 24.3 Å². The second kappa shape index (κ2) is 7.38. The zero-order valence-corrected chi connectivity index (χ0v) is 13.8. The van der Waals surface area contributed by atoms with Crippen molar-refractivity contribution in [3.05, 3.63) is 29.8 Å². The molecule has 1 aliphatic rings. The van der Waals surface area contributed by atoms with E-state index in [9.17, 15) is 19.8 Å². The number of carboxylic acids is 1. The molecule has 0 aromatic heterocycles. The van der Waals surface area contributed by atoms with Gasteiger partial charge in [-0.05, 0) is 56.4 Å². The van der Waals surface area contributed by atoms with E-state index in [1.54, 1.807) is 25.1 Å². The average Bonchev–Trinajstić information content (AvgIpc) is 2.56. The highest BCUT2D eigenvalue weighted by Crippen LogP contribution is 2.37. The molecular formula is C18H22O6. The van der Waals surface area contributed by atoms with Crippen LogP contribution in [0, 0.1) is 5.41 Å². The van der Waals surface area contributed by atoms with E-state index < -0.39 is 17.4 Å². The summed E-state index contributed by atoms with van der Waals surface area (Å²) in [6, 6.07) is 4.75. The average molecular weight is 334 g/mol. The summed E-state index contributed by atoms with van der Waals surface area (Å²) in [6.45, 7) is 1.73. The van der Waals surface area contributed by atoms with E-state index in [1.807, 2.05) is 0 Å². The Morgan fingerprint density at radius 2 is 1.96 bits per heavy atom. The number of phenolic OH excluding ortho intramolecular Hbond substituents is 1. The monoisotopic (exact) mass is 334 g/mol. The third kappa shape index (κ3) is 4.28. The minimum Gasteiger partial charge on any atom is -0.504 e. The minimum atomic E-state index is -0.798. The van der Waals surface area contributed by atoms with Crippen molar-refractivity contribution in [2.45, 2.75) is 38.7 Å². The van der Waals surface area contributed by atoms with E-state index in [1.165, 1.54) is 19.3 Å². The van der Waals surface area contributed by atoms with Gasteiger partial charge in [0.05, 0.1) is 12.5 Å². The molecule has 24 heavy (non-hydrogen) atoms. The number of esters is 1. The summed E-state index contributed by atoms with van der Waals surface area (Å²) >= 11 is 0. The van der Waals surface area contributed by atoms with Crippen LogP contribution in [0.4, 0.5) is 0 Å². The van der Waals surface area contributed by atoms with Crippen LogP contribution in [0.2, 0.25) is 0 Å². The van der Waals surface area contributed by atoms with Crippen molar-refractivity contribution in [3.63, 3.8) is 0 Å². The van der Waals surface area contributed by atoms with Crippen LogP contribution in [0.25, 0.3) is 6.08 Å². The lowest BCUT2D eigenvalue weighted by molar-refractivity contribution is -0.154. The van der Waals surface area contributed by atoms with Crippen molar-refractivity contribution in [2.24, 2.45) is 5.41 Å². The van der Waals surface area contributed by atoms with Gasteiger partial charge in [-0.15, -0.1) is 0 Å². The molecule has 6 heteroatoms. The van der Waals surface area contributed by atoms with Gasteiger partial charge in [0.1, 0.15) is 6.10 Å². The van der Waals surface area contributed by atoms with Crippen molar-refractivity contribution in [1.29, 1.82) is 0 Å². The number of carbonyl (C=O) groups is 2. The summed E-state index contributed by atoms with van der Waals surface area (Å²) in [5.41, 5.74) is -0.0230. The molecule has 6 nitrogen and oxygen atoms in total. The molecule has 0 bridgehead atoms. The van der Waals surface area contributed by atoms with E-state index in [4.69, 9.17) is 9.47 Å². The molecule has 1 fully saturated rings. The highest BCUT2D eigenvalue weighted by molar-refractivity contribution is 5.87. The summed E-state index contributed by atoms with van der Waals surface area (Å²) < 4.78 is 10.4. The van der Waals surface area contributed by atoms with Crippen molar-refractivity contribution >= 4 is 18.0 Å². The quantitative estimate of drug-likeness (QED) is 0.635. The Bertz CT molecular complexity index is 641. The number of aromatic hydroxyl groups is 1. The van der Waals surface area contributed by atoms with Crippen LogP contribution in [0.3, 0.4) is 0 Å². The number of ether oxygens (including phenoxy) is 2. The van der Waals surface area contributed by atoms with Crippen LogP contribution in [0.5, 0.6) is 11.5 Å². The normalized spacial score (nSPS) is 23.8. The lowest BCUT2D eigenvalue weighted by Crippen LogP contribution is -2.35. The van der Waals surface area contributed by atoms with Crippen molar-refractivity contribution in [1.82, 2.24) is 0 Å². The predicted octanol–water partition coefficient (Wildman–Crippen LogP) is 2.99. The Kier molecular flexibility index (Phi) is 5.49. The van der Waals surface area contributed by atoms with E-state index in [0.29, 0.717) is 37.0 Å². The van der Waals surface area contributed by atoms with Crippen LogP contribution in [0.1, 0.15) is 38.2 Å². The lowest BCUT2D eigenvalue weighted by atomic mass is 9.75. The fourth-order valence-corrected chi connectivity index (χ4v) is 2.73. The topological polar surface area (TPSA) is 93.1 Å². The highest BCUT2D eigenvalue weighted by Gasteiger charge is 2.38. The fraction of sp³-hybridized carbons (Fsp3) is 0.444. The maximum absolute atomic E-state index is 11.9. The Morgan fingerprint density at radius 1 is 1.29 bits per heavy atom. The highest BCUT2D eigenvalue weighted by atomic mass is 16.5. The molecular weight excluding hydrogens is 312 g/mol. The van der Waals surface area contributed by atoms with Gasteiger partial charge in [0, 0.05) is 6.08 Å². The third-order valence-electron chi connectivity index (χ3n) is 4.45. The summed E-state index contributed by atoms with van der Waals surface area (Å²) in [5, 5.41) is 18.7. The maximum atomic E-state index is 11.9. The molecule has 1 aromatic rings. The maximum Gasteiger partial charge on any atom is 0.331 e. The zero-order valence-electron chi connectivity index (χ0n) is 13.8. The number of methoxy groups -OCH3 is 1. The molecule has 0 saturated heterocycles. The van der Waals surface area contributed by atoms with Crippen molar-refractivity contribution in [2.75, 3.05) is 7.11 Å². The van der Waals surface area contributed by atoms with Gasteiger partial charge in [0.25, 0.3) is 0 Å². The second-order valence-electron chi connectivity index (χ2n) is 6.27. The van der Waals surface area contributed by atoms with E-state index in [-0.39, 0.29) is 11.9 Å². The van der Waals surface area contributed by atoms with E-state index in [2.05, 4.69) is 0 Å². The summed E-state index contributed by atoms with van der Waals surface area (Å²) in [6.07, 6.45) is 4.75. The van der Waals surface area contributed by atoms with Crippen LogP contribution in [-0.2, 0) is 14.3 Å². The zero-order chi connectivity index (χ0) is 17.7. The number of aliphatic carboxylic acids is 1. The summed E-state index contributed by atoms with van der Waals surface area (Å²) in [7, 11) is 1.45. The second-order valence-corrected chi connectivity index (χ2v) is 6.27. The first-order valence-corrected chi connectivity index (χ1v) is 7.83. The number of carboxylic acid groups (broad SMARTS) is 1. The molecule has 1 aromatic carbocycles. The molecule has 0 aliphatic heterocycles. The Labute approximate surface area is 140 Å². The fourth-order valence-electron chi connectivity index (χ4n) is 2.73. The lowest BCUT2D eigenvalue weighted by Gasteiger charge is -2.33. The number of benzene rings is 1. The number of hydrogen-bond donors (Lipinski definition) is 2. The van der Waals surface area contributed by atoms with Gasteiger partial charge in [-0.3, -0.25) is 4.79 Å². The number of hydrogen-bond acceptors (Lipinski definition) is 5. The van der Waals surface area contributed by atoms with Gasteiger partial charge in [0.2, 0.25) is 0 Å². The smallest absolute Gasteiger partial charge is 0.331 e. The number of rotatable bonds is 5. The van der Waals surface area contributed by atoms with Gasteiger partial charge < -0.3 is 19.7 Å². The summed E-state index contributed by atoms with van der Waals surface area (Å²) in [5.74, 6) is -0.911. The van der Waals surface area contributed by atoms with Gasteiger partial charge in [-0.2, -0.15) is 0 Å². The molecule has 1 aliphatic carbocycles. The SMILES string of the molecule is COc1cc(/C=C/C(=O)O[C@H]2CC[C@@](C)(C(=O)O)CC2)ccc1O. The molecule has 0 spiro atoms. The minimum absolute atomic E-state index is 0.0286. The molecule has 1 saturated carbocycles. The molecule has 2 N–H and O–H groups in total. The first-order chi connectivity index (χ1) is 11.3. The van der Waals surface area contributed by atoms with Crippen LogP contribution in [-0.4, -0.2) is 35.4 Å². The molecule has 0 amide bonds. The molecule has 0 atom stereocenters. The molecule has 0 unspecified atom stereocenters. The first kappa shape index (κ1) is 17.8. The van der Waals surface area contributed by atoms with Gasteiger partial charge in [-0.1, -0.05) is 6.07 Å². The van der Waals surface area contributed by atoms with E-state index >= 15 is 0 Å². The Morgan fingerprint density at radius 3 is 2.54 bits per heavy atom. The van der Waals surface area contributed by atoms with Gasteiger partial charge in [-0.25, -0.2) is 4.79 Å². The molecule has 0 heterocycles. The van der Waals surface area contributed by atoms with Gasteiger partial charge in [0.15, 0.2) is 11.5 Å². The first-order valence-electron chi connectivity index (χ1n) is 7.83. The Hall–Kier alpha value is -2.50. The summed E-state index contributed by atoms with van der Waals surface area (Å²) in [4.78, 5) is 23.1. The number of carbonyl (C=O) groups excluding carboxylic acids is 1. The standard InChI is InChI=1S/C18H22O6/c1-18(17(21)22)9-7-13(8-10-18)24-16(20)6-4-12-3-5-14(19)15(11-12)23-2/h3-6,11,13,19H,7-10H2,1-2H3,(H,21,22)/b6-4+/t13-,18+. The molecule has 2 rings (SSSR count). The predicted molar refractivity (Wildman–Crippen MR) is 87.8 cm³/mol. The van der Waals surface area contributed by atoms with Gasteiger partial charge >= 0.3 is 11.9 Å². The van der Waals surface area contributed by atoms with Crippen LogP contribution < -0.4 is 4.74 Å². The molecule has 130 valence electrons. The largest absolute Gasteiger partial charge is 0.504 e. The van der Waals surface area contributed by atoms with E-state index in [0.717, 1.165) is 0 Å². The van der Waals surface area contributed by atoms with Crippen molar-refractivity contribution < 1.29 is 29.3 Å². The molecule has 0 radical (unpaired) electrons. The Balaban J connectivity index is 1.89.